The molecule has 1 heterocycles. The fourth-order valence-corrected chi connectivity index (χ4v) is 2.46. The third kappa shape index (κ3) is 7.17. The fraction of sp³-hybridized carbons (Fsp3) is 0.938. The summed E-state index contributed by atoms with van der Waals surface area (Å²) in [6.07, 6.45) is -0.0654. The summed E-state index contributed by atoms with van der Waals surface area (Å²) in [6.45, 7) is 6.05. The lowest BCUT2D eigenvalue weighted by Gasteiger charge is -2.42. The molecule has 0 amide bonds. The van der Waals surface area contributed by atoms with Crippen LogP contribution in [0.2, 0.25) is 0 Å². The quantitative estimate of drug-likeness (QED) is 0.198. The highest BCUT2D eigenvalue weighted by molar-refractivity contribution is 5.65. The predicted octanol–water partition coefficient (Wildman–Crippen LogP) is 2.32. The van der Waals surface area contributed by atoms with Crippen LogP contribution in [0.15, 0.2) is 5.11 Å². The first-order valence-electron chi connectivity index (χ1n) is 8.79. The highest BCUT2D eigenvalue weighted by Crippen LogP contribution is 2.27. The number of esters is 1. The predicted molar refractivity (Wildman–Crippen MR) is 89.7 cm³/mol. The molecule has 0 aliphatic carbocycles. The number of aliphatic hydroxyl groups excluding tert-OH is 1. The molecule has 25 heavy (non-hydrogen) atoms. The van der Waals surface area contributed by atoms with Gasteiger partial charge in [0.2, 0.25) is 0 Å². The van der Waals surface area contributed by atoms with Crippen molar-refractivity contribution in [2.45, 2.75) is 77.1 Å². The van der Waals surface area contributed by atoms with Crippen molar-refractivity contribution < 1.29 is 28.8 Å². The highest BCUT2D eigenvalue weighted by atomic mass is 16.7. The maximum Gasteiger partial charge on any atom is 0.302 e. The summed E-state index contributed by atoms with van der Waals surface area (Å²) in [6, 6.07) is -0.817. The molecule has 1 fully saturated rings. The van der Waals surface area contributed by atoms with Gasteiger partial charge in [-0.3, -0.25) is 4.79 Å². The van der Waals surface area contributed by atoms with Crippen molar-refractivity contribution in [1.82, 2.24) is 0 Å². The monoisotopic (exact) mass is 359 g/mol. The molecule has 0 aromatic heterocycles. The van der Waals surface area contributed by atoms with E-state index in [1.165, 1.54) is 6.92 Å². The summed E-state index contributed by atoms with van der Waals surface area (Å²) in [5.41, 5.74) is 8.87. The number of nitrogens with zero attached hydrogens (tertiary/aromatic N) is 3. The second kappa shape index (κ2) is 12.1. The van der Waals surface area contributed by atoms with Gasteiger partial charge in [-0.05, 0) is 18.4 Å². The zero-order chi connectivity index (χ0) is 18.7. The van der Waals surface area contributed by atoms with Crippen LogP contribution >= 0.6 is 0 Å². The van der Waals surface area contributed by atoms with Crippen molar-refractivity contribution in [3.05, 3.63) is 10.4 Å². The minimum atomic E-state index is -1.10. The lowest BCUT2D eigenvalue weighted by molar-refractivity contribution is -0.273. The Morgan fingerprint density at radius 3 is 2.44 bits per heavy atom. The average molecular weight is 359 g/mol. The van der Waals surface area contributed by atoms with Crippen molar-refractivity contribution in [3.63, 3.8) is 0 Å². The van der Waals surface area contributed by atoms with Crippen LogP contribution in [0.4, 0.5) is 0 Å². The van der Waals surface area contributed by atoms with Gasteiger partial charge in [0.05, 0.1) is 6.10 Å². The standard InChI is InChI=1S/C16H29N3O6/c1-4-6-8-22-15-13(18-19-17)16(23-9-7-5-2)25-12(14(15)21)10-24-11(3)20/h12-16,21H,4-10H2,1-3H3/t12?,13-,14+,15?,16?/m0/s1. The van der Waals surface area contributed by atoms with E-state index >= 15 is 0 Å². The van der Waals surface area contributed by atoms with Crippen molar-refractivity contribution in [1.29, 1.82) is 0 Å². The lowest BCUT2D eigenvalue weighted by Crippen LogP contribution is -2.59. The van der Waals surface area contributed by atoms with Gasteiger partial charge >= 0.3 is 5.97 Å². The van der Waals surface area contributed by atoms with Crippen LogP contribution in [0, 0.1) is 0 Å². The largest absolute Gasteiger partial charge is 0.463 e. The van der Waals surface area contributed by atoms with Gasteiger partial charge in [0.1, 0.15) is 24.9 Å². The maximum atomic E-state index is 11.1. The van der Waals surface area contributed by atoms with E-state index in [0.717, 1.165) is 25.7 Å². The molecule has 1 aliphatic rings. The van der Waals surface area contributed by atoms with Gasteiger partial charge in [0.15, 0.2) is 6.29 Å². The number of ether oxygens (including phenoxy) is 4. The molecular formula is C16H29N3O6. The third-order valence-corrected chi connectivity index (χ3v) is 3.87. The average Bonchev–Trinajstić information content (AvgIpc) is 2.58. The van der Waals surface area contributed by atoms with Crippen molar-refractivity contribution in [3.8, 4) is 0 Å². The number of aliphatic hydroxyl groups is 1. The lowest BCUT2D eigenvalue weighted by atomic mass is 9.97. The van der Waals surface area contributed by atoms with Crippen LogP contribution in [0.5, 0.6) is 0 Å². The molecule has 9 heteroatoms. The molecule has 144 valence electrons. The maximum absolute atomic E-state index is 11.1. The van der Waals surface area contributed by atoms with Gasteiger partial charge in [-0.2, -0.15) is 0 Å². The first kappa shape index (κ1) is 21.7. The summed E-state index contributed by atoms with van der Waals surface area (Å²) in [5.74, 6) is -0.472. The first-order valence-corrected chi connectivity index (χ1v) is 8.79. The summed E-state index contributed by atoms with van der Waals surface area (Å²) in [4.78, 5) is 13.9. The van der Waals surface area contributed by atoms with Crippen LogP contribution in [0.1, 0.15) is 46.5 Å². The summed E-state index contributed by atoms with van der Waals surface area (Å²) in [5, 5.41) is 14.3. The Balaban J connectivity index is 2.89. The van der Waals surface area contributed by atoms with E-state index in [4.69, 9.17) is 24.5 Å². The van der Waals surface area contributed by atoms with E-state index in [0.29, 0.717) is 13.2 Å². The summed E-state index contributed by atoms with van der Waals surface area (Å²) < 4.78 is 22.1. The Labute approximate surface area is 148 Å². The van der Waals surface area contributed by atoms with E-state index in [9.17, 15) is 9.90 Å². The van der Waals surface area contributed by atoms with Crippen molar-refractivity contribution in [2.24, 2.45) is 5.11 Å². The van der Waals surface area contributed by atoms with Gasteiger partial charge < -0.3 is 24.1 Å². The van der Waals surface area contributed by atoms with E-state index in [2.05, 4.69) is 10.0 Å². The zero-order valence-corrected chi connectivity index (χ0v) is 15.2. The van der Waals surface area contributed by atoms with E-state index in [1.807, 2.05) is 13.8 Å². The topological polar surface area (TPSA) is 123 Å². The van der Waals surface area contributed by atoms with E-state index < -0.39 is 36.6 Å². The molecule has 0 spiro atoms. The fourth-order valence-electron chi connectivity index (χ4n) is 2.46. The van der Waals surface area contributed by atoms with Gasteiger partial charge in [0, 0.05) is 25.0 Å². The van der Waals surface area contributed by atoms with Crippen molar-refractivity contribution in [2.75, 3.05) is 19.8 Å². The normalized spacial score (nSPS) is 29.0. The minimum absolute atomic E-state index is 0.124. The Kier molecular flexibility index (Phi) is 10.4. The van der Waals surface area contributed by atoms with Gasteiger partial charge in [-0.15, -0.1) is 0 Å². The molecular weight excluding hydrogens is 330 g/mol. The molecule has 9 nitrogen and oxygen atoms in total. The van der Waals surface area contributed by atoms with Gasteiger partial charge in [-0.25, -0.2) is 0 Å². The molecule has 0 aromatic carbocycles. The molecule has 0 radical (unpaired) electrons. The SMILES string of the molecule is CCCCOC1OC(COC(C)=O)[C@@H](O)C(OCCCC)[C@@H]1N=[N+]=[N-]. The summed E-state index contributed by atoms with van der Waals surface area (Å²) in [7, 11) is 0. The third-order valence-electron chi connectivity index (χ3n) is 3.87. The molecule has 1 saturated heterocycles. The van der Waals surface area contributed by atoms with Crippen LogP contribution in [-0.4, -0.2) is 61.5 Å². The number of hydrogen-bond donors (Lipinski definition) is 1. The van der Waals surface area contributed by atoms with Crippen LogP contribution in [0.3, 0.4) is 0 Å². The zero-order valence-electron chi connectivity index (χ0n) is 15.2. The van der Waals surface area contributed by atoms with Crippen LogP contribution in [0.25, 0.3) is 10.4 Å². The summed E-state index contributed by atoms with van der Waals surface area (Å²) >= 11 is 0. The molecule has 0 aromatic rings. The molecule has 0 bridgehead atoms. The van der Waals surface area contributed by atoms with E-state index in [1.54, 1.807) is 0 Å². The molecule has 1 N–H and O–H groups in total. The van der Waals surface area contributed by atoms with Gasteiger partial charge in [0.25, 0.3) is 0 Å². The number of hydrogen-bond acceptors (Lipinski definition) is 7. The number of carbonyl (C=O) groups excluding carboxylic acids is 1. The number of unbranched alkanes of at least 4 members (excludes halogenated alkanes) is 2. The molecule has 5 atom stereocenters. The van der Waals surface area contributed by atoms with E-state index in [-0.39, 0.29) is 6.61 Å². The Bertz CT molecular complexity index is 444. The van der Waals surface area contributed by atoms with Gasteiger partial charge in [-0.1, -0.05) is 31.8 Å². The number of azide groups is 1. The molecule has 1 rings (SSSR count). The highest BCUT2D eigenvalue weighted by Gasteiger charge is 2.46. The number of carbonyl (C=O) groups is 1. The minimum Gasteiger partial charge on any atom is -0.463 e. The molecule has 3 unspecified atom stereocenters. The Hall–Kier alpha value is -1.38. The molecule has 1 aliphatic heterocycles. The second-order valence-corrected chi connectivity index (χ2v) is 5.94. The van der Waals surface area contributed by atoms with Crippen LogP contribution < -0.4 is 0 Å². The second-order valence-electron chi connectivity index (χ2n) is 5.94. The first-order chi connectivity index (χ1) is 12.0. The van der Waals surface area contributed by atoms with Crippen molar-refractivity contribution >= 4 is 5.97 Å². The van der Waals surface area contributed by atoms with Crippen LogP contribution in [-0.2, 0) is 23.7 Å². The Morgan fingerprint density at radius 1 is 1.24 bits per heavy atom. The number of rotatable bonds is 11. The smallest absolute Gasteiger partial charge is 0.302 e. The Morgan fingerprint density at radius 2 is 1.88 bits per heavy atom. The molecule has 0 saturated carbocycles.